The van der Waals surface area contributed by atoms with Crippen LogP contribution in [-0.2, 0) is 9.59 Å². The van der Waals surface area contributed by atoms with Crippen LogP contribution >= 0.6 is 23.7 Å². The van der Waals surface area contributed by atoms with Crippen LogP contribution in [0.2, 0.25) is 0 Å². The summed E-state index contributed by atoms with van der Waals surface area (Å²) in [7, 11) is 0. The van der Waals surface area contributed by atoms with Crippen molar-refractivity contribution in [2.45, 2.75) is 25.8 Å². The lowest BCUT2D eigenvalue weighted by molar-refractivity contribution is -0.117. The second-order valence-electron chi connectivity index (χ2n) is 5.55. The summed E-state index contributed by atoms with van der Waals surface area (Å²) < 4.78 is 14.2. The van der Waals surface area contributed by atoms with Crippen molar-refractivity contribution in [3.8, 4) is 11.3 Å². The van der Waals surface area contributed by atoms with E-state index >= 15 is 0 Å². The fourth-order valence-electron chi connectivity index (χ4n) is 2.56. The molecule has 2 aromatic rings. The number of amides is 2. The first-order valence-electron chi connectivity index (χ1n) is 7.60. The lowest BCUT2D eigenvalue weighted by Gasteiger charge is -2.08. The van der Waals surface area contributed by atoms with Gasteiger partial charge in [0, 0.05) is 23.6 Å². The van der Waals surface area contributed by atoms with Gasteiger partial charge in [-0.05, 0) is 37.6 Å². The smallest absolute Gasteiger partial charge is 0.243 e. The van der Waals surface area contributed by atoms with Crippen LogP contribution < -0.4 is 16.0 Å². The number of benzene rings is 1. The highest BCUT2D eigenvalue weighted by Gasteiger charge is 2.23. The van der Waals surface area contributed by atoms with Crippen molar-refractivity contribution in [2.75, 3.05) is 17.2 Å². The lowest BCUT2D eigenvalue weighted by Crippen LogP contribution is -2.35. The first-order chi connectivity index (χ1) is 11.5. The van der Waals surface area contributed by atoms with E-state index in [2.05, 4.69) is 20.9 Å². The molecular formula is C16H18ClFN4O2S. The van der Waals surface area contributed by atoms with E-state index in [0.29, 0.717) is 22.1 Å². The highest BCUT2D eigenvalue weighted by Crippen LogP contribution is 2.28. The van der Waals surface area contributed by atoms with Crippen molar-refractivity contribution < 1.29 is 14.0 Å². The van der Waals surface area contributed by atoms with E-state index < -0.39 is 5.82 Å². The maximum Gasteiger partial charge on any atom is 0.243 e. The largest absolute Gasteiger partial charge is 0.326 e. The highest BCUT2D eigenvalue weighted by molar-refractivity contribution is 7.14. The Balaban J connectivity index is 0.00000225. The quantitative estimate of drug-likeness (QED) is 0.756. The van der Waals surface area contributed by atoms with Crippen molar-refractivity contribution in [1.82, 2.24) is 10.3 Å². The van der Waals surface area contributed by atoms with Gasteiger partial charge in [-0.2, -0.15) is 0 Å². The van der Waals surface area contributed by atoms with Gasteiger partial charge in [-0.15, -0.1) is 23.7 Å². The minimum atomic E-state index is -0.484. The summed E-state index contributed by atoms with van der Waals surface area (Å²) in [5, 5.41) is 10.5. The van der Waals surface area contributed by atoms with Gasteiger partial charge in [-0.25, -0.2) is 9.37 Å². The Labute approximate surface area is 154 Å². The summed E-state index contributed by atoms with van der Waals surface area (Å²) in [6, 6.07) is 4.22. The molecule has 9 heteroatoms. The minimum Gasteiger partial charge on any atom is -0.326 e. The number of aromatic nitrogens is 1. The second kappa shape index (κ2) is 8.37. The summed E-state index contributed by atoms with van der Waals surface area (Å²) in [5.41, 5.74) is 1.15. The Morgan fingerprint density at radius 3 is 2.80 bits per heavy atom. The number of carbonyl (C=O) groups is 2. The summed E-state index contributed by atoms with van der Waals surface area (Å²) >= 11 is 1.25. The van der Waals surface area contributed by atoms with Crippen LogP contribution in [0.4, 0.5) is 15.2 Å². The number of thiazole rings is 1. The number of anilines is 2. The third-order valence-corrected chi connectivity index (χ3v) is 4.43. The molecule has 25 heavy (non-hydrogen) atoms. The normalized spacial score (nSPS) is 16.2. The van der Waals surface area contributed by atoms with Gasteiger partial charge in [0.25, 0.3) is 0 Å². The first kappa shape index (κ1) is 19.3. The molecule has 1 aromatic heterocycles. The molecule has 0 aliphatic carbocycles. The minimum absolute atomic E-state index is 0. The molecule has 6 nitrogen and oxygen atoms in total. The Morgan fingerprint density at radius 2 is 2.16 bits per heavy atom. The van der Waals surface area contributed by atoms with Crippen LogP contribution in [0.25, 0.3) is 11.3 Å². The maximum atomic E-state index is 14.2. The molecule has 3 rings (SSSR count). The van der Waals surface area contributed by atoms with Crippen LogP contribution in [0.3, 0.4) is 0 Å². The van der Waals surface area contributed by atoms with Gasteiger partial charge in [0.15, 0.2) is 5.13 Å². The third-order valence-electron chi connectivity index (χ3n) is 3.68. The van der Waals surface area contributed by atoms with Crippen LogP contribution in [0.5, 0.6) is 0 Å². The number of nitrogens with zero attached hydrogens (tertiary/aromatic N) is 1. The number of hydrogen-bond acceptors (Lipinski definition) is 5. The third kappa shape index (κ3) is 4.75. The molecule has 1 aliphatic rings. The van der Waals surface area contributed by atoms with Crippen molar-refractivity contribution >= 4 is 46.4 Å². The molecule has 1 unspecified atom stereocenters. The highest BCUT2D eigenvalue weighted by atomic mass is 35.5. The summed E-state index contributed by atoms with van der Waals surface area (Å²) in [5.74, 6) is -0.863. The molecule has 1 atom stereocenters. The number of hydrogen-bond donors (Lipinski definition) is 3. The molecule has 0 spiro atoms. The molecule has 0 radical (unpaired) electrons. The number of rotatable bonds is 4. The number of nitrogens with one attached hydrogen (secondary N) is 3. The van der Waals surface area contributed by atoms with E-state index in [9.17, 15) is 14.0 Å². The fourth-order valence-corrected chi connectivity index (χ4v) is 3.27. The van der Waals surface area contributed by atoms with E-state index in [1.165, 1.54) is 24.3 Å². The van der Waals surface area contributed by atoms with Gasteiger partial charge in [0.2, 0.25) is 11.8 Å². The molecule has 2 amide bonds. The molecular weight excluding hydrogens is 367 g/mol. The van der Waals surface area contributed by atoms with Crippen LogP contribution in [0, 0.1) is 5.82 Å². The first-order valence-corrected chi connectivity index (χ1v) is 8.48. The molecule has 0 saturated carbocycles. The van der Waals surface area contributed by atoms with Gasteiger partial charge < -0.3 is 16.0 Å². The topological polar surface area (TPSA) is 83.1 Å². The molecule has 134 valence electrons. The van der Waals surface area contributed by atoms with E-state index in [4.69, 9.17) is 0 Å². The predicted octanol–water partition coefficient (Wildman–Crippen LogP) is 3.02. The molecule has 1 aliphatic heterocycles. The zero-order valence-electron chi connectivity index (χ0n) is 13.5. The van der Waals surface area contributed by atoms with E-state index in [1.54, 1.807) is 17.5 Å². The Bertz CT molecular complexity index is 777. The molecule has 1 fully saturated rings. The SMILES string of the molecule is CC(=O)Nc1ccc(-c2csc(NC(=O)C3CCCN3)n2)c(F)c1.Cl. The van der Waals surface area contributed by atoms with Crippen molar-refractivity contribution in [3.63, 3.8) is 0 Å². The molecule has 1 saturated heterocycles. The van der Waals surface area contributed by atoms with Crippen molar-refractivity contribution in [2.24, 2.45) is 0 Å². The Hall–Kier alpha value is -2.03. The number of halogens is 2. The monoisotopic (exact) mass is 384 g/mol. The predicted molar refractivity (Wildman–Crippen MR) is 98.7 cm³/mol. The fraction of sp³-hybridized carbons (Fsp3) is 0.312. The molecule has 1 aromatic carbocycles. The lowest BCUT2D eigenvalue weighted by atomic mass is 10.1. The van der Waals surface area contributed by atoms with E-state index in [1.807, 2.05) is 0 Å². The van der Waals surface area contributed by atoms with Crippen LogP contribution in [0.1, 0.15) is 19.8 Å². The number of carbonyl (C=O) groups excluding carboxylic acids is 2. The Kier molecular flexibility index (Phi) is 6.46. The van der Waals surface area contributed by atoms with Crippen LogP contribution in [-0.4, -0.2) is 29.4 Å². The summed E-state index contributed by atoms with van der Waals surface area (Å²) in [6.07, 6.45) is 1.79. The summed E-state index contributed by atoms with van der Waals surface area (Å²) in [4.78, 5) is 27.3. The van der Waals surface area contributed by atoms with Gasteiger partial charge >= 0.3 is 0 Å². The second-order valence-corrected chi connectivity index (χ2v) is 6.41. The van der Waals surface area contributed by atoms with Crippen molar-refractivity contribution in [1.29, 1.82) is 0 Å². The van der Waals surface area contributed by atoms with Gasteiger partial charge in [0.1, 0.15) is 5.82 Å². The average Bonchev–Trinajstić information content (AvgIpc) is 3.18. The molecule has 2 heterocycles. The standard InChI is InChI=1S/C16H17FN4O2S.ClH/c1-9(22)19-10-4-5-11(12(17)7-10)14-8-24-16(20-14)21-15(23)13-3-2-6-18-13;/h4-5,7-8,13,18H,2-3,6H2,1H3,(H,19,22)(H,20,21,23);1H. The average molecular weight is 385 g/mol. The summed E-state index contributed by atoms with van der Waals surface area (Å²) in [6.45, 7) is 2.20. The molecule has 3 N–H and O–H groups in total. The van der Waals surface area contributed by atoms with Crippen LogP contribution in [0.15, 0.2) is 23.6 Å². The van der Waals surface area contributed by atoms with Gasteiger partial charge in [-0.1, -0.05) is 0 Å². The van der Waals surface area contributed by atoms with E-state index in [-0.39, 0.29) is 30.3 Å². The maximum absolute atomic E-state index is 14.2. The molecule has 0 bridgehead atoms. The van der Waals surface area contributed by atoms with Crippen molar-refractivity contribution in [3.05, 3.63) is 29.4 Å². The zero-order chi connectivity index (χ0) is 17.1. The van der Waals surface area contributed by atoms with E-state index in [0.717, 1.165) is 19.4 Å². The Morgan fingerprint density at radius 1 is 1.36 bits per heavy atom. The zero-order valence-corrected chi connectivity index (χ0v) is 15.1. The van der Waals surface area contributed by atoms with Gasteiger partial charge in [-0.3, -0.25) is 9.59 Å². The van der Waals surface area contributed by atoms with Gasteiger partial charge in [0.05, 0.1) is 11.7 Å².